The molecule has 0 bridgehead atoms. The van der Waals surface area contributed by atoms with Crippen molar-refractivity contribution >= 4 is 0 Å². The van der Waals surface area contributed by atoms with E-state index < -0.39 is 0 Å². The predicted octanol–water partition coefficient (Wildman–Crippen LogP) is 4.72. The second-order valence-electron chi connectivity index (χ2n) is 4.58. The fourth-order valence-electron chi connectivity index (χ4n) is 2.34. The Labute approximate surface area is 113 Å². The van der Waals surface area contributed by atoms with Crippen LogP contribution in [0.1, 0.15) is 5.56 Å². The van der Waals surface area contributed by atoms with Gasteiger partial charge in [0.15, 0.2) is 0 Å². The summed E-state index contributed by atoms with van der Waals surface area (Å²) in [6.07, 6.45) is 1.88. The maximum absolute atomic E-state index is 4.59. The molecule has 0 saturated carbocycles. The highest BCUT2D eigenvalue weighted by molar-refractivity contribution is 5.82. The molecule has 3 rings (SSSR count). The van der Waals surface area contributed by atoms with Crippen LogP contribution >= 0.6 is 0 Å². The Bertz CT molecular complexity index is 673. The summed E-state index contributed by atoms with van der Waals surface area (Å²) in [5, 5.41) is 0. The van der Waals surface area contributed by atoms with Gasteiger partial charge in [-0.25, -0.2) is 0 Å². The van der Waals surface area contributed by atoms with E-state index in [1.807, 2.05) is 30.5 Å². The molecule has 0 unspecified atom stereocenters. The topological polar surface area (TPSA) is 12.9 Å². The lowest BCUT2D eigenvalue weighted by molar-refractivity contribution is 1.29. The Hall–Kier alpha value is -2.41. The highest BCUT2D eigenvalue weighted by Gasteiger charge is 2.10. The lowest BCUT2D eigenvalue weighted by Gasteiger charge is -2.12. The lowest BCUT2D eigenvalue weighted by atomic mass is 9.95. The minimum Gasteiger partial charge on any atom is -0.256 e. The van der Waals surface area contributed by atoms with Crippen LogP contribution in [0.5, 0.6) is 0 Å². The molecule has 1 heterocycles. The summed E-state index contributed by atoms with van der Waals surface area (Å²) in [6, 6.07) is 22.8. The third-order valence-corrected chi connectivity index (χ3v) is 3.27. The van der Waals surface area contributed by atoms with Crippen molar-refractivity contribution in [3.05, 3.63) is 78.5 Å². The standard InChI is InChI=1S/C18H15N/c1-14-12-13-19-18(16-10-6-3-7-11-16)17(14)15-8-4-2-5-9-15/h2-13H,1H3. The molecule has 0 N–H and O–H groups in total. The van der Waals surface area contributed by atoms with Gasteiger partial charge in [0.2, 0.25) is 0 Å². The Morgan fingerprint density at radius 2 is 1.26 bits per heavy atom. The van der Waals surface area contributed by atoms with Gasteiger partial charge in [0.05, 0.1) is 5.69 Å². The molecule has 0 atom stereocenters. The molecule has 0 aliphatic rings. The van der Waals surface area contributed by atoms with Crippen LogP contribution in [0.25, 0.3) is 22.4 Å². The third-order valence-electron chi connectivity index (χ3n) is 3.27. The summed E-state index contributed by atoms with van der Waals surface area (Å²) >= 11 is 0. The second-order valence-corrected chi connectivity index (χ2v) is 4.58. The fraction of sp³-hybridized carbons (Fsp3) is 0.0556. The Kier molecular flexibility index (Phi) is 3.11. The molecule has 0 spiro atoms. The van der Waals surface area contributed by atoms with Crippen LogP contribution in [0.4, 0.5) is 0 Å². The van der Waals surface area contributed by atoms with Gasteiger partial charge in [-0.1, -0.05) is 60.7 Å². The highest BCUT2D eigenvalue weighted by Crippen LogP contribution is 2.32. The summed E-state index contributed by atoms with van der Waals surface area (Å²) < 4.78 is 0. The van der Waals surface area contributed by atoms with Crippen LogP contribution in [0, 0.1) is 6.92 Å². The average Bonchev–Trinajstić information content (AvgIpc) is 2.49. The van der Waals surface area contributed by atoms with Gasteiger partial charge in [-0.3, -0.25) is 4.98 Å². The SMILES string of the molecule is Cc1ccnc(-c2ccccc2)c1-c1ccccc1. The summed E-state index contributed by atoms with van der Waals surface area (Å²) in [4.78, 5) is 4.59. The monoisotopic (exact) mass is 245 g/mol. The molecule has 0 aliphatic heterocycles. The summed E-state index contributed by atoms with van der Waals surface area (Å²) in [7, 11) is 0. The molecule has 0 radical (unpaired) electrons. The van der Waals surface area contributed by atoms with Gasteiger partial charge in [-0.05, 0) is 24.1 Å². The highest BCUT2D eigenvalue weighted by atomic mass is 14.7. The van der Waals surface area contributed by atoms with Crippen LogP contribution < -0.4 is 0 Å². The summed E-state index contributed by atoms with van der Waals surface area (Å²) in [6.45, 7) is 2.14. The number of pyridine rings is 1. The quantitative estimate of drug-likeness (QED) is 0.636. The van der Waals surface area contributed by atoms with Crippen molar-refractivity contribution in [1.29, 1.82) is 0 Å². The molecule has 0 aliphatic carbocycles. The van der Waals surface area contributed by atoms with Gasteiger partial charge in [0.25, 0.3) is 0 Å². The van der Waals surface area contributed by atoms with Gasteiger partial charge in [-0.15, -0.1) is 0 Å². The smallest absolute Gasteiger partial charge is 0.0782 e. The van der Waals surface area contributed by atoms with Crippen molar-refractivity contribution in [1.82, 2.24) is 4.98 Å². The van der Waals surface area contributed by atoms with E-state index in [1.54, 1.807) is 0 Å². The Morgan fingerprint density at radius 1 is 0.684 bits per heavy atom. The van der Waals surface area contributed by atoms with Crippen molar-refractivity contribution in [3.63, 3.8) is 0 Å². The van der Waals surface area contributed by atoms with Gasteiger partial charge in [0.1, 0.15) is 0 Å². The summed E-state index contributed by atoms with van der Waals surface area (Å²) in [5.74, 6) is 0. The second kappa shape index (κ2) is 5.07. The number of rotatable bonds is 2. The molecule has 0 saturated heterocycles. The van der Waals surface area contributed by atoms with Crippen molar-refractivity contribution in [3.8, 4) is 22.4 Å². The Morgan fingerprint density at radius 3 is 1.89 bits per heavy atom. The average molecular weight is 245 g/mol. The summed E-state index contributed by atoms with van der Waals surface area (Å²) in [5.41, 5.74) is 5.89. The van der Waals surface area contributed by atoms with E-state index in [9.17, 15) is 0 Å². The van der Waals surface area contributed by atoms with Crippen molar-refractivity contribution < 1.29 is 0 Å². The number of hydrogen-bond acceptors (Lipinski definition) is 1. The lowest BCUT2D eigenvalue weighted by Crippen LogP contribution is -1.92. The first-order chi connectivity index (χ1) is 9.36. The van der Waals surface area contributed by atoms with Gasteiger partial charge in [0, 0.05) is 17.3 Å². The zero-order valence-corrected chi connectivity index (χ0v) is 10.9. The predicted molar refractivity (Wildman–Crippen MR) is 79.8 cm³/mol. The maximum Gasteiger partial charge on any atom is 0.0782 e. The number of nitrogens with zero attached hydrogens (tertiary/aromatic N) is 1. The van der Waals surface area contributed by atoms with Crippen LogP contribution in [0.15, 0.2) is 72.9 Å². The number of aromatic nitrogens is 1. The Balaban J connectivity index is 2.25. The van der Waals surface area contributed by atoms with E-state index in [0.29, 0.717) is 0 Å². The van der Waals surface area contributed by atoms with Crippen molar-refractivity contribution in [2.24, 2.45) is 0 Å². The largest absolute Gasteiger partial charge is 0.256 e. The van der Waals surface area contributed by atoms with E-state index in [1.165, 1.54) is 16.7 Å². The first kappa shape index (κ1) is 11.7. The molecule has 0 fully saturated rings. The van der Waals surface area contributed by atoms with E-state index in [-0.39, 0.29) is 0 Å². The first-order valence-electron chi connectivity index (χ1n) is 6.43. The molecular weight excluding hydrogens is 230 g/mol. The molecule has 1 aromatic heterocycles. The molecule has 3 aromatic rings. The van der Waals surface area contributed by atoms with Crippen LogP contribution in [-0.2, 0) is 0 Å². The van der Waals surface area contributed by atoms with Gasteiger partial charge >= 0.3 is 0 Å². The minimum absolute atomic E-state index is 1.05. The number of aryl methyl sites for hydroxylation is 1. The molecule has 1 heteroatoms. The van der Waals surface area contributed by atoms with Crippen LogP contribution in [-0.4, -0.2) is 4.98 Å². The molecule has 19 heavy (non-hydrogen) atoms. The van der Waals surface area contributed by atoms with E-state index in [4.69, 9.17) is 0 Å². The fourth-order valence-corrected chi connectivity index (χ4v) is 2.34. The molecule has 2 aromatic carbocycles. The third kappa shape index (κ3) is 2.27. The normalized spacial score (nSPS) is 10.4. The van der Waals surface area contributed by atoms with E-state index >= 15 is 0 Å². The van der Waals surface area contributed by atoms with Crippen LogP contribution in [0.2, 0.25) is 0 Å². The number of benzene rings is 2. The molecule has 1 nitrogen and oxygen atoms in total. The molecule has 0 amide bonds. The van der Waals surface area contributed by atoms with Gasteiger partial charge in [-0.2, -0.15) is 0 Å². The first-order valence-corrected chi connectivity index (χ1v) is 6.43. The number of hydrogen-bond donors (Lipinski definition) is 0. The van der Waals surface area contributed by atoms with E-state index in [2.05, 4.69) is 54.4 Å². The van der Waals surface area contributed by atoms with Gasteiger partial charge < -0.3 is 0 Å². The molecular formula is C18H15N. The van der Waals surface area contributed by atoms with Crippen molar-refractivity contribution in [2.45, 2.75) is 6.92 Å². The molecule has 92 valence electrons. The minimum atomic E-state index is 1.05. The van der Waals surface area contributed by atoms with Crippen LogP contribution in [0.3, 0.4) is 0 Å². The van der Waals surface area contributed by atoms with E-state index in [0.717, 1.165) is 11.3 Å². The zero-order valence-electron chi connectivity index (χ0n) is 10.9. The van der Waals surface area contributed by atoms with Crippen molar-refractivity contribution in [2.75, 3.05) is 0 Å². The zero-order chi connectivity index (χ0) is 13.1. The maximum atomic E-state index is 4.59.